The molecule has 1 heterocycles. The Morgan fingerprint density at radius 2 is 1.95 bits per heavy atom. The SMILES string of the molecule is CC(C)(C)c1ccccc1Oc1ncc(C(=O)O)cc1Cl. The third-order valence-electron chi connectivity index (χ3n) is 2.96. The van der Waals surface area contributed by atoms with E-state index < -0.39 is 5.97 Å². The molecule has 0 aliphatic heterocycles. The van der Waals surface area contributed by atoms with Crippen molar-refractivity contribution in [3.8, 4) is 11.6 Å². The van der Waals surface area contributed by atoms with Crippen molar-refractivity contribution < 1.29 is 14.6 Å². The Morgan fingerprint density at radius 1 is 1.29 bits per heavy atom. The van der Waals surface area contributed by atoms with Crippen molar-refractivity contribution in [2.45, 2.75) is 26.2 Å². The molecule has 0 amide bonds. The van der Waals surface area contributed by atoms with Gasteiger partial charge >= 0.3 is 5.97 Å². The Bertz CT molecular complexity index is 677. The molecule has 0 spiro atoms. The van der Waals surface area contributed by atoms with Gasteiger partial charge in [0.15, 0.2) is 0 Å². The predicted molar refractivity (Wildman–Crippen MR) is 81.4 cm³/mol. The van der Waals surface area contributed by atoms with Crippen LogP contribution in [0.4, 0.5) is 0 Å². The summed E-state index contributed by atoms with van der Waals surface area (Å²) in [4.78, 5) is 14.9. The van der Waals surface area contributed by atoms with E-state index in [1.165, 1.54) is 12.3 Å². The summed E-state index contributed by atoms with van der Waals surface area (Å²) in [7, 11) is 0. The van der Waals surface area contributed by atoms with E-state index in [4.69, 9.17) is 21.4 Å². The molecule has 110 valence electrons. The molecule has 1 N–H and O–H groups in total. The molecule has 0 aliphatic rings. The number of aromatic nitrogens is 1. The number of nitrogens with zero attached hydrogens (tertiary/aromatic N) is 1. The summed E-state index contributed by atoms with van der Waals surface area (Å²) >= 11 is 6.04. The average molecular weight is 306 g/mol. The zero-order valence-corrected chi connectivity index (χ0v) is 12.8. The first-order chi connectivity index (χ1) is 9.79. The molecule has 2 aromatic rings. The predicted octanol–water partition coefficient (Wildman–Crippen LogP) is 4.52. The van der Waals surface area contributed by atoms with Crippen molar-refractivity contribution in [1.82, 2.24) is 4.98 Å². The van der Waals surface area contributed by atoms with Gasteiger partial charge in [-0.1, -0.05) is 50.6 Å². The Balaban J connectivity index is 2.38. The fourth-order valence-corrected chi connectivity index (χ4v) is 2.10. The molecule has 0 bridgehead atoms. The average Bonchev–Trinajstić information content (AvgIpc) is 2.40. The van der Waals surface area contributed by atoms with E-state index in [1.54, 1.807) is 0 Å². The maximum atomic E-state index is 10.9. The van der Waals surface area contributed by atoms with Crippen LogP contribution in [0.15, 0.2) is 36.5 Å². The smallest absolute Gasteiger partial charge is 0.337 e. The maximum Gasteiger partial charge on any atom is 0.337 e. The first-order valence-electron chi connectivity index (χ1n) is 6.45. The van der Waals surface area contributed by atoms with Crippen molar-refractivity contribution in [2.75, 3.05) is 0 Å². The van der Waals surface area contributed by atoms with E-state index in [0.717, 1.165) is 5.56 Å². The zero-order valence-electron chi connectivity index (χ0n) is 12.1. The minimum Gasteiger partial charge on any atom is -0.478 e. The lowest BCUT2D eigenvalue weighted by Gasteiger charge is -2.22. The van der Waals surface area contributed by atoms with Crippen LogP contribution in [-0.4, -0.2) is 16.1 Å². The lowest BCUT2D eigenvalue weighted by Crippen LogP contribution is -2.12. The number of pyridine rings is 1. The van der Waals surface area contributed by atoms with Crippen molar-refractivity contribution in [3.63, 3.8) is 0 Å². The van der Waals surface area contributed by atoms with Crippen LogP contribution in [-0.2, 0) is 5.41 Å². The van der Waals surface area contributed by atoms with Crippen LogP contribution < -0.4 is 4.74 Å². The van der Waals surface area contributed by atoms with Crippen LogP contribution in [0, 0.1) is 0 Å². The first kappa shape index (κ1) is 15.3. The van der Waals surface area contributed by atoms with Crippen molar-refractivity contribution in [1.29, 1.82) is 0 Å². The largest absolute Gasteiger partial charge is 0.478 e. The summed E-state index contributed by atoms with van der Waals surface area (Å²) in [6.07, 6.45) is 1.23. The number of carboxylic acid groups (broad SMARTS) is 1. The maximum absolute atomic E-state index is 10.9. The molecule has 0 unspecified atom stereocenters. The minimum absolute atomic E-state index is 0.0245. The first-order valence-corrected chi connectivity index (χ1v) is 6.83. The number of aromatic carboxylic acids is 1. The highest BCUT2D eigenvalue weighted by atomic mass is 35.5. The molecule has 1 aromatic carbocycles. The van der Waals surface area contributed by atoms with Gasteiger partial charge in [-0.25, -0.2) is 9.78 Å². The number of rotatable bonds is 3. The van der Waals surface area contributed by atoms with E-state index in [1.807, 2.05) is 24.3 Å². The fourth-order valence-electron chi connectivity index (χ4n) is 1.90. The van der Waals surface area contributed by atoms with Crippen LogP contribution in [0.2, 0.25) is 5.02 Å². The van der Waals surface area contributed by atoms with Crippen LogP contribution in [0.5, 0.6) is 11.6 Å². The van der Waals surface area contributed by atoms with E-state index in [2.05, 4.69) is 25.8 Å². The molecule has 0 saturated heterocycles. The molecule has 0 aliphatic carbocycles. The third kappa shape index (κ3) is 3.52. The highest BCUT2D eigenvalue weighted by Gasteiger charge is 2.20. The number of hydrogen-bond acceptors (Lipinski definition) is 3. The highest BCUT2D eigenvalue weighted by molar-refractivity contribution is 6.32. The van der Waals surface area contributed by atoms with Crippen molar-refractivity contribution in [2.24, 2.45) is 0 Å². The highest BCUT2D eigenvalue weighted by Crippen LogP contribution is 2.35. The molecule has 1 aromatic heterocycles. The van der Waals surface area contributed by atoms with Gasteiger partial charge in [-0.3, -0.25) is 0 Å². The topological polar surface area (TPSA) is 59.4 Å². The summed E-state index contributed by atoms with van der Waals surface area (Å²) in [6, 6.07) is 8.95. The quantitative estimate of drug-likeness (QED) is 0.905. The number of ether oxygens (including phenoxy) is 1. The molecule has 21 heavy (non-hydrogen) atoms. The number of hydrogen-bond donors (Lipinski definition) is 1. The van der Waals surface area contributed by atoms with Gasteiger partial charge in [0.1, 0.15) is 10.8 Å². The van der Waals surface area contributed by atoms with Crippen LogP contribution in [0.3, 0.4) is 0 Å². The molecular formula is C16H16ClNO3. The Labute approximate surface area is 128 Å². The van der Waals surface area contributed by atoms with Gasteiger partial charge in [0.2, 0.25) is 5.88 Å². The van der Waals surface area contributed by atoms with Gasteiger partial charge in [-0.2, -0.15) is 0 Å². The second-order valence-corrected chi connectivity index (χ2v) is 6.07. The number of carbonyl (C=O) groups is 1. The van der Waals surface area contributed by atoms with Crippen LogP contribution in [0.1, 0.15) is 36.7 Å². The molecule has 0 radical (unpaired) electrons. The summed E-state index contributed by atoms with van der Waals surface area (Å²) in [6.45, 7) is 6.24. The van der Waals surface area contributed by atoms with Crippen molar-refractivity contribution in [3.05, 3.63) is 52.7 Å². The van der Waals surface area contributed by atoms with Crippen LogP contribution in [0.25, 0.3) is 0 Å². The second-order valence-electron chi connectivity index (χ2n) is 5.66. The monoisotopic (exact) mass is 305 g/mol. The second kappa shape index (κ2) is 5.74. The van der Waals surface area contributed by atoms with E-state index in [9.17, 15) is 4.79 Å². The third-order valence-corrected chi connectivity index (χ3v) is 3.23. The molecule has 0 saturated carbocycles. The van der Waals surface area contributed by atoms with Crippen LogP contribution >= 0.6 is 11.6 Å². The summed E-state index contributed by atoms with van der Waals surface area (Å²) in [5.74, 6) is -0.230. The molecule has 0 fully saturated rings. The number of benzene rings is 1. The summed E-state index contributed by atoms with van der Waals surface area (Å²) < 4.78 is 5.77. The molecule has 5 heteroatoms. The molecule has 4 nitrogen and oxygen atoms in total. The molecular weight excluding hydrogens is 290 g/mol. The van der Waals surface area contributed by atoms with E-state index in [-0.39, 0.29) is 21.9 Å². The Kier molecular flexibility index (Phi) is 4.19. The van der Waals surface area contributed by atoms with E-state index >= 15 is 0 Å². The fraction of sp³-hybridized carbons (Fsp3) is 0.250. The van der Waals surface area contributed by atoms with Gasteiger partial charge in [0.05, 0.1) is 5.56 Å². The normalized spacial score (nSPS) is 11.2. The van der Waals surface area contributed by atoms with Crippen molar-refractivity contribution >= 4 is 17.6 Å². The Hall–Kier alpha value is -2.07. The van der Waals surface area contributed by atoms with Gasteiger partial charge in [0, 0.05) is 11.8 Å². The number of halogens is 1. The minimum atomic E-state index is -1.08. The summed E-state index contributed by atoms with van der Waals surface area (Å²) in [5, 5.41) is 9.07. The zero-order chi connectivity index (χ0) is 15.6. The molecule has 0 atom stereocenters. The van der Waals surface area contributed by atoms with Gasteiger partial charge in [0.25, 0.3) is 0 Å². The molecule has 2 rings (SSSR count). The lowest BCUT2D eigenvalue weighted by atomic mass is 9.86. The lowest BCUT2D eigenvalue weighted by molar-refractivity contribution is 0.0696. The van der Waals surface area contributed by atoms with Gasteiger partial charge < -0.3 is 9.84 Å². The number of para-hydroxylation sites is 1. The van der Waals surface area contributed by atoms with E-state index in [0.29, 0.717) is 5.75 Å². The Morgan fingerprint density at radius 3 is 2.52 bits per heavy atom. The summed E-state index contributed by atoms with van der Waals surface area (Å²) in [5.41, 5.74) is 0.950. The van der Waals surface area contributed by atoms with Gasteiger partial charge in [-0.05, 0) is 17.5 Å². The van der Waals surface area contributed by atoms with Gasteiger partial charge in [-0.15, -0.1) is 0 Å². The number of carboxylic acids is 1. The standard InChI is InChI=1S/C16H16ClNO3/c1-16(2,3)11-6-4-5-7-13(11)21-14-12(17)8-10(9-18-14)15(19)20/h4-9H,1-3H3,(H,19,20).